The molecule has 1 heterocycles. The maximum atomic E-state index is 12.3. The summed E-state index contributed by atoms with van der Waals surface area (Å²) in [7, 11) is -1.68. The van der Waals surface area contributed by atoms with Crippen molar-refractivity contribution in [3.63, 3.8) is 0 Å². The van der Waals surface area contributed by atoms with Crippen LogP contribution in [0.25, 0.3) is 0 Å². The van der Waals surface area contributed by atoms with Crippen molar-refractivity contribution in [2.75, 3.05) is 46.4 Å². The van der Waals surface area contributed by atoms with E-state index >= 15 is 0 Å². The predicted molar refractivity (Wildman–Crippen MR) is 76.3 cm³/mol. The van der Waals surface area contributed by atoms with Gasteiger partial charge in [-0.05, 0) is 19.4 Å². The van der Waals surface area contributed by atoms with E-state index in [0.717, 1.165) is 19.4 Å². The third-order valence-electron chi connectivity index (χ3n) is 3.10. The summed E-state index contributed by atoms with van der Waals surface area (Å²) in [4.78, 5) is 0. The molecule has 0 atom stereocenters. The lowest BCUT2D eigenvalue weighted by molar-refractivity contribution is 0.147. The average molecular weight is 293 g/mol. The second-order valence-corrected chi connectivity index (χ2v) is 7.19. The van der Waals surface area contributed by atoms with Gasteiger partial charge in [-0.2, -0.15) is 17.0 Å². The molecule has 0 aromatic heterocycles. The summed E-state index contributed by atoms with van der Waals surface area (Å²) in [6.07, 6.45) is 1.58. The van der Waals surface area contributed by atoms with E-state index < -0.39 is 10.2 Å². The maximum Gasteiger partial charge on any atom is 0.281 e. The fourth-order valence-electron chi connectivity index (χ4n) is 1.96. The van der Waals surface area contributed by atoms with Gasteiger partial charge < -0.3 is 10.1 Å². The molecule has 1 aliphatic heterocycles. The number of hydrogen-bond donors (Lipinski definition) is 1. The van der Waals surface area contributed by atoms with Crippen molar-refractivity contribution in [3.05, 3.63) is 0 Å². The topological polar surface area (TPSA) is 61.9 Å². The van der Waals surface area contributed by atoms with E-state index in [4.69, 9.17) is 4.74 Å². The molecule has 0 aromatic carbocycles. The van der Waals surface area contributed by atoms with E-state index in [2.05, 4.69) is 19.2 Å². The Kier molecular flexibility index (Phi) is 7.23. The van der Waals surface area contributed by atoms with E-state index in [1.807, 2.05) is 0 Å². The fourth-order valence-corrected chi connectivity index (χ4v) is 3.38. The van der Waals surface area contributed by atoms with Crippen LogP contribution in [-0.2, 0) is 14.9 Å². The van der Waals surface area contributed by atoms with E-state index in [1.165, 1.54) is 8.61 Å². The molecule has 1 rings (SSSR count). The van der Waals surface area contributed by atoms with E-state index in [-0.39, 0.29) is 0 Å². The first kappa shape index (κ1) is 16.8. The molecule has 0 unspecified atom stereocenters. The SMILES string of the molecule is CC(C)NCCCN(C)S(=O)(=O)N1CCCOCC1. The third kappa shape index (κ3) is 5.74. The van der Waals surface area contributed by atoms with Gasteiger partial charge in [-0.25, -0.2) is 0 Å². The summed E-state index contributed by atoms with van der Waals surface area (Å²) >= 11 is 0. The minimum atomic E-state index is -3.33. The van der Waals surface area contributed by atoms with Gasteiger partial charge >= 0.3 is 0 Å². The van der Waals surface area contributed by atoms with Crippen LogP contribution >= 0.6 is 0 Å². The second kappa shape index (κ2) is 8.16. The molecule has 0 radical (unpaired) electrons. The molecule has 1 N–H and O–H groups in total. The van der Waals surface area contributed by atoms with Crippen molar-refractivity contribution in [3.8, 4) is 0 Å². The van der Waals surface area contributed by atoms with Crippen molar-refractivity contribution in [2.45, 2.75) is 32.7 Å². The zero-order valence-electron chi connectivity index (χ0n) is 12.3. The molecular weight excluding hydrogens is 266 g/mol. The smallest absolute Gasteiger partial charge is 0.281 e. The predicted octanol–water partition coefficient (Wildman–Crippen LogP) is 0.273. The highest BCUT2D eigenvalue weighted by molar-refractivity contribution is 7.86. The molecule has 0 aliphatic carbocycles. The van der Waals surface area contributed by atoms with Crippen LogP contribution in [0.2, 0.25) is 0 Å². The van der Waals surface area contributed by atoms with E-state index in [9.17, 15) is 8.42 Å². The molecule has 0 bridgehead atoms. The quantitative estimate of drug-likeness (QED) is 0.685. The lowest BCUT2D eigenvalue weighted by Crippen LogP contribution is -2.43. The van der Waals surface area contributed by atoms with E-state index in [1.54, 1.807) is 7.05 Å². The normalized spacial score (nSPS) is 19.0. The Balaban J connectivity index is 2.41. The average Bonchev–Trinajstić information content (AvgIpc) is 2.63. The van der Waals surface area contributed by atoms with Crippen molar-refractivity contribution in [2.24, 2.45) is 0 Å². The van der Waals surface area contributed by atoms with Crippen molar-refractivity contribution in [1.29, 1.82) is 0 Å². The minimum Gasteiger partial charge on any atom is -0.380 e. The molecule has 114 valence electrons. The van der Waals surface area contributed by atoms with Crippen molar-refractivity contribution >= 4 is 10.2 Å². The molecule has 1 aliphatic rings. The number of nitrogens with zero attached hydrogens (tertiary/aromatic N) is 2. The Morgan fingerprint density at radius 3 is 2.74 bits per heavy atom. The van der Waals surface area contributed by atoms with Gasteiger partial charge in [0.15, 0.2) is 0 Å². The monoisotopic (exact) mass is 293 g/mol. The first-order valence-electron chi connectivity index (χ1n) is 6.97. The molecule has 1 saturated heterocycles. The van der Waals surface area contributed by atoms with Gasteiger partial charge in [0, 0.05) is 39.3 Å². The highest BCUT2D eigenvalue weighted by Gasteiger charge is 2.27. The van der Waals surface area contributed by atoms with Crippen LogP contribution < -0.4 is 5.32 Å². The van der Waals surface area contributed by atoms with Gasteiger partial charge in [-0.15, -0.1) is 0 Å². The van der Waals surface area contributed by atoms with Crippen LogP contribution in [0.5, 0.6) is 0 Å². The first-order valence-corrected chi connectivity index (χ1v) is 8.37. The van der Waals surface area contributed by atoms with Gasteiger partial charge in [-0.3, -0.25) is 0 Å². The lowest BCUT2D eigenvalue weighted by atomic mass is 10.3. The molecule has 0 spiro atoms. The highest BCUT2D eigenvalue weighted by atomic mass is 32.2. The van der Waals surface area contributed by atoms with Crippen molar-refractivity contribution < 1.29 is 13.2 Å². The molecule has 1 fully saturated rings. The van der Waals surface area contributed by atoms with Gasteiger partial charge in [0.25, 0.3) is 10.2 Å². The summed E-state index contributed by atoms with van der Waals surface area (Å²) in [5, 5.41) is 3.29. The van der Waals surface area contributed by atoms with Gasteiger partial charge in [0.1, 0.15) is 0 Å². The first-order chi connectivity index (χ1) is 8.94. The summed E-state index contributed by atoms with van der Waals surface area (Å²) in [5.74, 6) is 0. The number of nitrogens with one attached hydrogen (secondary N) is 1. The Morgan fingerprint density at radius 2 is 2.05 bits per heavy atom. The lowest BCUT2D eigenvalue weighted by Gasteiger charge is -2.26. The number of rotatable bonds is 7. The maximum absolute atomic E-state index is 12.3. The number of ether oxygens (including phenoxy) is 1. The molecule has 0 amide bonds. The molecule has 0 saturated carbocycles. The Bertz CT molecular complexity index is 338. The Labute approximate surface area is 117 Å². The molecule has 0 aromatic rings. The van der Waals surface area contributed by atoms with E-state index in [0.29, 0.717) is 38.9 Å². The standard InChI is InChI=1S/C12H27N3O3S/c1-12(2)13-6-4-7-14(3)19(16,17)15-8-5-10-18-11-9-15/h12-13H,4-11H2,1-3H3. The number of hydrogen-bond acceptors (Lipinski definition) is 4. The fraction of sp³-hybridized carbons (Fsp3) is 1.00. The highest BCUT2D eigenvalue weighted by Crippen LogP contribution is 2.10. The molecule has 7 heteroatoms. The summed E-state index contributed by atoms with van der Waals surface area (Å²) in [6.45, 7) is 7.68. The van der Waals surface area contributed by atoms with Crippen LogP contribution in [0.4, 0.5) is 0 Å². The van der Waals surface area contributed by atoms with Crippen LogP contribution in [-0.4, -0.2) is 69.5 Å². The van der Waals surface area contributed by atoms with Gasteiger partial charge in [0.05, 0.1) is 6.61 Å². The zero-order chi connectivity index (χ0) is 14.3. The molecule has 19 heavy (non-hydrogen) atoms. The van der Waals surface area contributed by atoms with Gasteiger partial charge in [-0.1, -0.05) is 13.8 Å². The molecular formula is C12H27N3O3S. The zero-order valence-corrected chi connectivity index (χ0v) is 13.1. The summed E-state index contributed by atoms with van der Waals surface area (Å²) in [6, 6.07) is 0.435. The van der Waals surface area contributed by atoms with Gasteiger partial charge in [0.2, 0.25) is 0 Å². The van der Waals surface area contributed by atoms with Crippen LogP contribution in [0.3, 0.4) is 0 Å². The van der Waals surface area contributed by atoms with Crippen LogP contribution in [0.1, 0.15) is 26.7 Å². The summed E-state index contributed by atoms with van der Waals surface area (Å²) < 4.78 is 32.9. The Morgan fingerprint density at radius 1 is 1.32 bits per heavy atom. The minimum absolute atomic E-state index is 0.435. The Hall–Kier alpha value is -0.210. The van der Waals surface area contributed by atoms with Crippen LogP contribution in [0.15, 0.2) is 0 Å². The summed E-state index contributed by atoms with van der Waals surface area (Å²) in [5.41, 5.74) is 0. The second-order valence-electron chi connectivity index (χ2n) is 5.16. The van der Waals surface area contributed by atoms with Crippen molar-refractivity contribution in [1.82, 2.24) is 13.9 Å². The largest absolute Gasteiger partial charge is 0.380 e. The third-order valence-corrected chi connectivity index (χ3v) is 5.09. The van der Waals surface area contributed by atoms with Crippen LogP contribution in [0, 0.1) is 0 Å². The molecule has 6 nitrogen and oxygen atoms in total.